The molecule has 0 radical (unpaired) electrons. The van der Waals surface area contributed by atoms with Crippen LogP contribution in [0.15, 0.2) is 54.6 Å². The Balaban J connectivity index is 1.92. The summed E-state index contributed by atoms with van der Waals surface area (Å²) >= 11 is 0. The Morgan fingerprint density at radius 2 is 1.59 bits per heavy atom. The van der Waals surface area contributed by atoms with Gasteiger partial charge >= 0.3 is 5.97 Å². The fourth-order valence-electron chi connectivity index (χ4n) is 2.11. The van der Waals surface area contributed by atoms with E-state index in [-0.39, 0.29) is 17.0 Å². The van der Waals surface area contributed by atoms with E-state index in [2.05, 4.69) is 5.32 Å². The number of benzene rings is 2. The van der Waals surface area contributed by atoms with Crippen molar-refractivity contribution in [1.82, 2.24) is 5.32 Å². The van der Waals surface area contributed by atoms with E-state index in [9.17, 15) is 9.59 Å². The molecule has 0 aliphatic rings. The molecule has 2 aromatic rings. The predicted molar refractivity (Wildman–Crippen MR) is 85.4 cm³/mol. The van der Waals surface area contributed by atoms with E-state index >= 15 is 0 Å². The molecular formula is C17H18N2O3. The van der Waals surface area contributed by atoms with Gasteiger partial charge in [0.15, 0.2) is 0 Å². The largest absolute Gasteiger partial charge is 0.478 e. The molecule has 5 heteroatoms. The first-order chi connectivity index (χ1) is 10.6. The van der Waals surface area contributed by atoms with Crippen LogP contribution >= 0.6 is 0 Å². The second-order valence-electron chi connectivity index (χ2n) is 4.86. The lowest BCUT2D eigenvalue weighted by molar-refractivity contribution is 0.0691. The minimum atomic E-state index is -1.10. The first-order valence-corrected chi connectivity index (χ1v) is 6.96. The van der Waals surface area contributed by atoms with Crippen molar-refractivity contribution in [3.05, 3.63) is 65.7 Å². The molecule has 0 unspecified atom stereocenters. The molecular weight excluding hydrogens is 280 g/mol. The topological polar surface area (TPSA) is 69.6 Å². The van der Waals surface area contributed by atoms with Gasteiger partial charge in [0.25, 0.3) is 5.91 Å². The Morgan fingerprint density at radius 1 is 1.00 bits per heavy atom. The van der Waals surface area contributed by atoms with Crippen LogP contribution in [0.2, 0.25) is 0 Å². The summed E-state index contributed by atoms with van der Waals surface area (Å²) in [7, 11) is 1.94. The van der Waals surface area contributed by atoms with Crippen molar-refractivity contribution < 1.29 is 14.7 Å². The first kappa shape index (κ1) is 15.6. The molecule has 0 aliphatic carbocycles. The van der Waals surface area contributed by atoms with Crippen LogP contribution in [0.25, 0.3) is 0 Å². The fourth-order valence-corrected chi connectivity index (χ4v) is 2.11. The van der Waals surface area contributed by atoms with Crippen LogP contribution in [0.1, 0.15) is 20.7 Å². The van der Waals surface area contributed by atoms with Gasteiger partial charge in [-0.1, -0.05) is 30.3 Å². The Bertz CT molecular complexity index is 656. The van der Waals surface area contributed by atoms with Gasteiger partial charge < -0.3 is 15.3 Å². The monoisotopic (exact) mass is 298 g/mol. The zero-order valence-electron chi connectivity index (χ0n) is 12.3. The Morgan fingerprint density at radius 3 is 2.23 bits per heavy atom. The highest BCUT2D eigenvalue weighted by molar-refractivity contribution is 6.04. The van der Waals surface area contributed by atoms with Crippen molar-refractivity contribution in [2.45, 2.75) is 0 Å². The zero-order valence-corrected chi connectivity index (χ0v) is 12.3. The van der Waals surface area contributed by atoms with Gasteiger partial charge in [-0.15, -0.1) is 0 Å². The minimum absolute atomic E-state index is 0.0106. The number of amides is 1. The molecule has 2 rings (SSSR count). The molecule has 2 N–H and O–H groups in total. The second-order valence-corrected chi connectivity index (χ2v) is 4.86. The van der Waals surface area contributed by atoms with Gasteiger partial charge in [-0.25, -0.2) is 4.79 Å². The summed E-state index contributed by atoms with van der Waals surface area (Å²) < 4.78 is 0. The number of likely N-dealkylation sites (N-methyl/N-ethyl adjacent to an activating group) is 1. The van der Waals surface area contributed by atoms with E-state index in [1.165, 1.54) is 12.1 Å². The molecule has 0 aromatic heterocycles. The molecule has 2 aromatic carbocycles. The first-order valence-electron chi connectivity index (χ1n) is 6.96. The van der Waals surface area contributed by atoms with Crippen LogP contribution in [0.4, 0.5) is 5.69 Å². The zero-order chi connectivity index (χ0) is 15.9. The smallest absolute Gasteiger partial charge is 0.336 e. The maximum absolute atomic E-state index is 12.1. The normalized spacial score (nSPS) is 10.0. The van der Waals surface area contributed by atoms with E-state index in [0.717, 1.165) is 5.69 Å². The van der Waals surface area contributed by atoms with E-state index in [4.69, 9.17) is 5.11 Å². The predicted octanol–water partition coefficient (Wildman–Crippen LogP) is 2.25. The van der Waals surface area contributed by atoms with Crippen LogP contribution in [0.5, 0.6) is 0 Å². The second kappa shape index (κ2) is 7.26. The number of hydrogen-bond acceptors (Lipinski definition) is 3. The van der Waals surface area contributed by atoms with Gasteiger partial charge in [0.1, 0.15) is 0 Å². The number of para-hydroxylation sites is 1. The van der Waals surface area contributed by atoms with Crippen LogP contribution in [-0.2, 0) is 0 Å². The summed E-state index contributed by atoms with van der Waals surface area (Å²) in [6.45, 7) is 1.06. The van der Waals surface area contributed by atoms with E-state index < -0.39 is 5.97 Å². The number of rotatable bonds is 6. The van der Waals surface area contributed by atoms with Gasteiger partial charge in [0, 0.05) is 25.8 Å². The molecule has 0 atom stereocenters. The van der Waals surface area contributed by atoms with E-state index in [0.29, 0.717) is 13.1 Å². The highest BCUT2D eigenvalue weighted by atomic mass is 16.4. The third-order valence-corrected chi connectivity index (χ3v) is 3.33. The number of carboxylic acids is 1. The molecule has 5 nitrogen and oxygen atoms in total. The Kier molecular flexibility index (Phi) is 5.14. The number of carbonyl (C=O) groups is 2. The fraction of sp³-hybridized carbons (Fsp3) is 0.176. The number of anilines is 1. The van der Waals surface area contributed by atoms with Gasteiger partial charge in [0.05, 0.1) is 11.1 Å². The standard InChI is InChI=1S/C17H18N2O3/c1-19(13-7-3-2-4-8-13)12-11-18-16(20)14-9-5-6-10-15(14)17(21)22/h2-10H,11-12H2,1H3,(H,18,20)(H,21,22). The summed E-state index contributed by atoms with van der Waals surface area (Å²) in [5, 5.41) is 11.8. The number of hydrogen-bond donors (Lipinski definition) is 2. The van der Waals surface area contributed by atoms with Crippen LogP contribution in [0.3, 0.4) is 0 Å². The lowest BCUT2D eigenvalue weighted by atomic mass is 10.1. The lowest BCUT2D eigenvalue weighted by Crippen LogP contribution is -2.33. The summed E-state index contributed by atoms with van der Waals surface area (Å²) in [4.78, 5) is 25.2. The quantitative estimate of drug-likeness (QED) is 0.858. The van der Waals surface area contributed by atoms with Crippen molar-refractivity contribution in [1.29, 1.82) is 0 Å². The van der Waals surface area contributed by atoms with Crippen molar-refractivity contribution >= 4 is 17.6 Å². The minimum Gasteiger partial charge on any atom is -0.478 e. The van der Waals surface area contributed by atoms with Crippen molar-refractivity contribution in [3.63, 3.8) is 0 Å². The van der Waals surface area contributed by atoms with E-state index in [1.807, 2.05) is 42.3 Å². The molecule has 114 valence electrons. The summed E-state index contributed by atoms with van der Waals surface area (Å²) in [6.07, 6.45) is 0. The molecule has 0 bridgehead atoms. The number of carbonyl (C=O) groups excluding carboxylic acids is 1. The van der Waals surface area contributed by atoms with Gasteiger partial charge in [-0.05, 0) is 24.3 Å². The average molecular weight is 298 g/mol. The molecule has 0 heterocycles. The highest BCUT2D eigenvalue weighted by Crippen LogP contribution is 2.10. The number of nitrogens with one attached hydrogen (secondary N) is 1. The number of aromatic carboxylic acids is 1. The molecule has 0 saturated carbocycles. The van der Waals surface area contributed by atoms with Crippen LogP contribution in [0, 0.1) is 0 Å². The van der Waals surface area contributed by atoms with Gasteiger partial charge in [0.2, 0.25) is 0 Å². The van der Waals surface area contributed by atoms with Gasteiger partial charge in [-0.3, -0.25) is 4.79 Å². The van der Waals surface area contributed by atoms with Crippen molar-refractivity contribution in [2.75, 3.05) is 25.0 Å². The lowest BCUT2D eigenvalue weighted by Gasteiger charge is -2.19. The molecule has 0 fully saturated rings. The van der Waals surface area contributed by atoms with Crippen LogP contribution in [-0.4, -0.2) is 37.1 Å². The molecule has 0 aliphatic heterocycles. The summed E-state index contributed by atoms with van der Waals surface area (Å²) in [5.41, 5.74) is 1.25. The Labute approximate surface area is 129 Å². The van der Waals surface area contributed by atoms with Gasteiger partial charge in [-0.2, -0.15) is 0 Å². The molecule has 0 spiro atoms. The number of carboxylic acid groups (broad SMARTS) is 1. The average Bonchev–Trinajstić information content (AvgIpc) is 2.55. The molecule has 22 heavy (non-hydrogen) atoms. The third-order valence-electron chi connectivity index (χ3n) is 3.33. The maximum Gasteiger partial charge on any atom is 0.336 e. The molecule has 1 amide bonds. The van der Waals surface area contributed by atoms with E-state index in [1.54, 1.807) is 12.1 Å². The van der Waals surface area contributed by atoms with Crippen molar-refractivity contribution in [2.24, 2.45) is 0 Å². The maximum atomic E-state index is 12.1. The Hall–Kier alpha value is -2.82. The summed E-state index contributed by atoms with van der Waals surface area (Å²) in [6, 6.07) is 16.0. The molecule has 0 saturated heterocycles. The number of nitrogens with zero attached hydrogens (tertiary/aromatic N) is 1. The third kappa shape index (κ3) is 3.85. The highest BCUT2D eigenvalue weighted by Gasteiger charge is 2.15. The van der Waals surface area contributed by atoms with Crippen molar-refractivity contribution in [3.8, 4) is 0 Å². The summed E-state index contributed by atoms with van der Waals surface area (Å²) in [5.74, 6) is -1.48. The van der Waals surface area contributed by atoms with Crippen LogP contribution < -0.4 is 10.2 Å². The SMILES string of the molecule is CN(CCNC(=O)c1ccccc1C(=O)O)c1ccccc1.